The lowest BCUT2D eigenvalue weighted by atomic mass is 9.82. The molecule has 1 aliphatic heterocycles. The third-order valence-electron chi connectivity index (χ3n) is 5.21. The largest absolute Gasteiger partial charge is 0.394 e. The van der Waals surface area contributed by atoms with E-state index in [0.717, 1.165) is 19.4 Å². The Morgan fingerprint density at radius 1 is 1.00 bits per heavy atom. The van der Waals surface area contributed by atoms with Crippen LogP contribution in [0.3, 0.4) is 0 Å². The predicted octanol–water partition coefficient (Wildman–Crippen LogP) is 3.07. The monoisotopic (exact) mass is 288 g/mol. The van der Waals surface area contributed by atoms with E-state index >= 15 is 0 Å². The second-order valence-electron chi connectivity index (χ2n) is 6.68. The lowest BCUT2D eigenvalue weighted by Crippen LogP contribution is -2.49. The van der Waals surface area contributed by atoms with Crippen LogP contribution >= 0.6 is 0 Å². The molecule has 1 aliphatic carbocycles. The molecular weight excluding hydrogens is 260 g/mol. The second kappa shape index (κ2) is 6.80. The van der Waals surface area contributed by atoms with Crippen molar-refractivity contribution in [3.05, 3.63) is 29.8 Å². The highest BCUT2D eigenvalue weighted by Gasteiger charge is 2.30. The fourth-order valence-corrected chi connectivity index (χ4v) is 3.83. The number of aliphatic hydroxyl groups excluding tert-OH is 1. The SMILES string of the molecule is OCC1(NCc2ccccc2N2CCCC2)CCCCC1. The summed E-state index contributed by atoms with van der Waals surface area (Å²) in [5.41, 5.74) is 2.71. The highest BCUT2D eigenvalue weighted by molar-refractivity contribution is 5.54. The van der Waals surface area contributed by atoms with Gasteiger partial charge in [-0.1, -0.05) is 37.5 Å². The van der Waals surface area contributed by atoms with Crippen molar-refractivity contribution in [2.45, 2.75) is 57.0 Å². The zero-order valence-electron chi connectivity index (χ0n) is 13.0. The topological polar surface area (TPSA) is 35.5 Å². The molecule has 2 fully saturated rings. The van der Waals surface area contributed by atoms with Crippen molar-refractivity contribution in [2.24, 2.45) is 0 Å². The van der Waals surface area contributed by atoms with Gasteiger partial charge in [0.2, 0.25) is 0 Å². The van der Waals surface area contributed by atoms with Crippen molar-refractivity contribution in [1.29, 1.82) is 0 Å². The molecule has 116 valence electrons. The van der Waals surface area contributed by atoms with Crippen LogP contribution in [0.1, 0.15) is 50.5 Å². The first kappa shape index (κ1) is 14.9. The van der Waals surface area contributed by atoms with Crippen molar-refractivity contribution in [3.8, 4) is 0 Å². The normalized spacial score (nSPS) is 21.7. The maximum absolute atomic E-state index is 9.83. The second-order valence-corrected chi connectivity index (χ2v) is 6.68. The number of aliphatic hydroxyl groups is 1. The first-order chi connectivity index (χ1) is 10.3. The van der Waals surface area contributed by atoms with E-state index in [2.05, 4.69) is 34.5 Å². The Morgan fingerprint density at radius 3 is 2.43 bits per heavy atom. The quantitative estimate of drug-likeness (QED) is 0.874. The molecule has 2 aliphatic rings. The van der Waals surface area contributed by atoms with Crippen LogP contribution in [0, 0.1) is 0 Å². The van der Waals surface area contributed by atoms with Crippen LogP contribution < -0.4 is 10.2 Å². The van der Waals surface area contributed by atoms with Gasteiger partial charge < -0.3 is 15.3 Å². The lowest BCUT2D eigenvalue weighted by molar-refractivity contribution is 0.119. The zero-order valence-corrected chi connectivity index (χ0v) is 13.0. The molecule has 0 amide bonds. The Bertz CT molecular complexity index is 448. The molecule has 3 rings (SSSR count). The fourth-order valence-electron chi connectivity index (χ4n) is 3.83. The van der Waals surface area contributed by atoms with E-state index < -0.39 is 0 Å². The van der Waals surface area contributed by atoms with Crippen LogP contribution in [0.5, 0.6) is 0 Å². The summed E-state index contributed by atoms with van der Waals surface area (Å²) in [4.78, 5) is 2.50. The third kappa shape index (κ3) is 3.41. The average Bonchev–Trinajstić information content (AvgIpc) is 3.08. The summed E-state index contributed by atoms with van der Waals surface area (Å²) in [5, 5.41) is 13.5. The maximum atomic E-state index is 9.83. The number of nitrogens with zero attached hydrogens (tertiary/aromatic N) is 1. The van der Waals surface area contributed by atoms with Gasteiger partial charge in [0.25, 0.3) is 0 Å². The summed E-state index contributed by atoms with van der Waals surface area (Å²) < 4.78 is 0. The van der Waals surface area contributed by atoms with E-state index in [4.69, 9.17) is 0 Å². The molecule has 3 heteroatoms. The maximum Gasteiger partial charge on any atom is 0.0613 e. The average molecular weight is 288 g/mol. The van der Waals surface area contributed by atoms with Crippen LogP contribution in [-0.2, 0) is 6.54 Å². The first-order valence-electron chi connectivity index (χ1n) is 8.52. The highest BCUT2D eigenvalue weighted by Crippen LogP contribution is 2.30. The molecular formula is C18H28N2O. The van der Waals surface area contributed by atoms with E-state index in [1.165, 1.54) is 56.4 Å². The van der Waals surface area contributed by atoms with Crippen LogP contribution in [0.4, 0.5) is 5.69 Å². The van der Waals surface area contributed by atoms with Gasteiger partial charge in [-0.25, -0.2) is 0 Å². The van der Waals surface area contributed by atoms with Crippen LogP contribution in [-0.4, -0.2) is 30.3 Å². The molecule has 3 nitrogen and oxygen atoms in total. The third-order valence-corrected chi connectivity index (χ3v) is 5.21. The highest BCUT2D eigenvalue weighted by atomic mass is 16.3. The van der Waals surface area contributed by atoms with Gasteiger partial charge in [-0.05, 0) is 37.3 Å². The van der Waals surface area contributed by atoms with Crippen LogP contribution in [0.25, 0.3) is 0 Å². The Balaban J connectivity index is 1.69. The number of para-hydroxylation sites is 1. The summed E-state index contributed by atoms with van der Waals surface area (Å²) in [6.07, 6.45) is 8.62. The summed E-state index contributed by atoms with van der Waals surface area (Å²) in [5.74, 6) is 0. The molecule has 1 saturated heterocycles. The number of hydrogen-bond donors (Lipinski definition) is 2. The standard InChI is InChI=1S/C18H28N2O/c21-15-18(10-4-1-5-11-18)19-14-16-8-2-3-9-17(16)20-12-6-7-13-20/h2-3,8-9,19,21H,1,4-7,10-15H2. The Kier molecular flexibility index (Phi) is 4.81. The number of nitrogens with one attached hydrogen (secondary N) is 1. The summed E-state index contributed by atoms with van der Waals surface area (Å²) in [6.45, 7) is 3.50. The molecule has 2 N–H and O–H groups in total. The molecule has 21 heavy (non-hydrogen) atoms. The van der Waals surface area contributed by atoms with Gasteiger partial charge in [0.05, 0.1) is 6.61 Å². The molecule has 0 spiro atoms. The van der Waals surface area contributed by atoms with Crippen LogP contribution in [0.2, 0.25) is 0 Å². The van der Waals surface area contributed by atoms with Gasteiger partial charge in [-0.15, -0.1) is 0 Å². The summed E-state index contributed by atoms with van der Waals surface area (Å²) in [6, 6.07) is 8.74. The van der Waals surface area contributed by atoms with Gasteiger partial charge >= 0.3 is 0 Å². The smallest absolute Gasteiger partial charge is 0.0613 e. The minimum atomic E-state index is -0.0453. The molecule has 0 aromatic heterocycles. The lowest BCUT2D eigenvalue weighted by Gasteiger charge is -2.37. The number of anilines is 1. The summed E-state index contributed by atoms with van der Waals surface area (Å²) >= 11 is 0. The van der Waals surface area contributed by atoms with Gasteiger partial charge in [-0.2, -0.15) is 0 Å². The molecule has 1 aromatic rings. The number of hydrogen-bond acceptors (Lipinski definition) is 3. The number of rotatable bonds is 5. The first-order valence-corrected chi connectivity index (χ1v) is 8.52. The molecule has 1 saturated carbocycles. The van der Waals surface area contributed by atoms with Gasteiger partial charge in [0.1, 0.15) is 0 Å². The van der Waals surface area contributed by atoms with E-state index in [9.17, 15) is 5.11 Å². The molecule has 0 atom stereocenters. The molecule has 0 bridgehead atoms. The van der Waals surface area contributed by atoms with Gasteiger partial charge in [0.15, 0.2) is 0 Å². The minimum absolute atomic E-state index is 0.0453. The van der Waals surface area contributed by atoms with Crippen LogP contribution in [0.15, 0.2) is 24.3 Å². The predicted molar refractivity (Wildman–Crippen MR) is 87.6 cm³/mol. The molecule has 1 heterocycles. The fraction of sp³-hybridized carbons (Fsp3) is 0.667. The molecule has 0 radical (unpaired) electrons. The zero-order chi connectivity index (χ0) is 14.5. The summed E-state index contributed by atoms with van der Waals surface area (Å²) in [7, 11) is 0. The molecule has 0 unspecified atom stereocenters. The minimum Gasteiger partial charge on any atom is -0.394 e. The van der Waals surface area contributed by atoms with Crippen molar-refractivity contribution in [3.63, 3.8) is 0 Å². The Morgan fingerprint density at radius 2 is 1.71 bits per heavy atom. The number of benzene rings is 1. The molecule has 1 aromatic carbocycles. The Hall–Kier alpha value is -1.06. The van der Waals surface area contributed by atoms with E-state index in [1.807, 2.05) is 0 Å². The van der Waals surface area contributed by atoms with E-state index in [-0.39, 0.29) is 12.1 Å². The van der Waals surface area contributed by atoms with E-state index in [0.29, 0.717) is 0 Å². The Labute approximate surface area is 128 Å². The van der Waals surface area contributed by atoms with Crippen molar-refractivity contribution in [1.82, 2.24) is 5.32 Å². The van der Waals surface area contributed by atoms with Gasteiger partial charge in [-0.3, -0.25) is 0 Å². The van der Waals surface area contributed by atoms with Crippen molar-refractivity contribution < 1.29 is 5.11 Å². The van der Waals surface area contributed by atoms with Crippen molar-refractivity contribution in [2.75, 3.05) is 24.6 Å². The van der Waals surface area contributed by atoms with Crippen molar-refractivity contribution >= 4 is 5.69 Å². The van der Waals surface area contributed by atoms with Gasteiger partial charge in [0, 0.05) is 30.9 Å². The van der Waals surface area contributed by atoms with E-state index in [1.54, 1.807) is 0 Å².